The standard InChI is InChI=1S/C14H21BCl2O4/c1-13(2,18)14(3,4)21-15(19)9-6-11(16)10(8-20-5)12(17)7-9/h6-7,18-19H,8H2,1-5H3. The lowest BCUT2D eigenvalue weighted by Gasteiger charge is -2.38. The van der Waals surface area contributed by atoms with Crippen LogP contribution in [0.5, 0.6) is 0 Å². The second kappa shape index (κ2) is 6.86. The first-order chi connectivity index (χ1) is 9.49. The zero-order chi connectivity index (χ0) is 16.4. The smallest absolute Gasteiger partial charge is 0.423 e. The lowest BCUT2D eigenvalue weighted by molar-refractivity contribution is -0.0982. The van der Waals surface area contributed by atoms with E-state index in [9.17, 15) is 10.1 Å². The molecule has 0 amide bonds. The number of hydrogen-bond acceptors (Lipinski definition) is 4. The molecule has 0 atom stereocenters. The summed E-state index contributed by atoms with van der Waals surface area (Å²) in [4.78, 5) is 0. The molecular weight excluding hydrogens is 314 g/mol. The molecular formula is C14H21BCl2O4. The molecule has 0 heterocycles. The van der Waals surface area contributed by atoms with E-state index in [2.05, 4.69) is 0 Å². The summed E-state index contributed by atoms with van der Waals surface area (Å²) in [5.41, 5.74) is -1.02. The zero-order valence-electron chi connectivity index (χ0n) is 12.9. The van der Waals surface area contributed by atoms with E-state index in [4.69, 9.17) is 32.6 Å². The molecule has 0 bridgehead atoms. The number of aliphatic hydroxyl groups is 1. The van der Waals surface area contributed by atoms with E-state index in [1.54, 1.807) is 46.9 Å². The maximum atomic E-state index is 10.2. The van der Waals surface area contributed by atoms with Crippen LogP contribution in [0.3, 0.4) is 0 Å². The van der Waals surface area contributed by atoms with Crippen molar-refractivity contribution in [1.29, 1.82) is 0 Å². The van der Waals surface area contributed by atoms with Crippen molar-refractivity contribution in [3.8, 4) is 0 Å². The van der Waals surface area contributed by atoms with Crippen LogP contribution in [0.15, 0.2) is 12.1 Å². The number of halogens is 2. The number of rotatable bonds is 6. The van der Waals surface area contributed by atoms with Crippen molar-refractivity contribution >= 4 is 35.8 Å². The number of ether oxygens (including phenoxy) is 1. The molecule has 21 heavy (non-hydrogen) atoms. The van der Waals surface area contributed by atoms with E-state index in [0.29, 0.717) is 21.1 Å². The number of methoxy groups -OCH3 is 1. The van der Waals surface area contributed by atoms with Gasteiger partial charge in [-0.2, -0.15) is 0 Å². The Kier molecular flexibility index (Phi) is 6.12. The normalized spacial score (nSPS) is 12.6. The molecule has 0 saturated carbocycles. The Hall–Kier alpha value is -0.295. The highest BCUT2D eigenvalue weighted by molar-refractivity contribution is 6.61. The Bertz CT molecular complexity index is 477. The van der Waals surface area contributed by atoms with Crippen molar-refractivity contribution in [2.45, 2.75) is 45.5 Å². The Balaban J connectivity index is 3.02. The molecule has 0 fully saturated rings. The topological polar surface area (TPSA) is 58.9 Å². The minimum atomic E-state index is -1.25. The molecule has 0 aliphatic carbocycles. The third-order valence-corrected chi connectivity index (χ3v) is 4.29. The molecule has 4 nitrogen and oxygen atoms in total. The summed E-state index contributed by atoms with van der Waals surface area (Å²) in [6.45, 7) is 6.89. The highest BCUT2D eigenvalue weighted by Gasteiger charge is 2.39. The molecule has 1 aromatic carbocycles. The van der Waals surface area contributed by atoms with E-state index in [1.165, 1.54) is 0 Å². The van der Waals surface area contributed by atoms with Crippen LogP contribution >= 0.6 is 23.2 Å². The Morgan fingerprint density at radius 1 is 1.14 bits per heavy atom. The fraction of sp³-hybridized carbons (Fsp3) is 0.571. The summed E-state index contributed by atoms with van der Waals surface area (Å²) in [5, 5.41) is 21.1. The quantitative estimate of drug-likeness (QED) is 0.784. The van der Waals surface area contributed by atoms with Crippen LogP contribution in [0.25, 0.3) is 0 Å². The van der Waals surface area contributed by atoms with Crippen LogP contribution in [0.4, 0.5) is 0 Å². The predicted molar refractivity (Wildman–Crippen MR) is 86.2 cm³/mol. The van der Waals surface area contributed by atoms with Gasteiger partial charge in [-0.25, -0.2) is 0 Å². The molecule has 0 unspecified atom stereocenters. The highest BCUT2D eigenvalue weighted by Crippen LogP contribution is 2.27. The summed E-state index contributed by atoms with van der Waals surface area (Å²) in [7, 11) is 0.294. The van der Waals surface area contributed by atoms with Gasteiger partial charge in [-0.1, -0.05) is 23.2 Å². The fourth-order valence-electron chi connectivity index (χ4n) is 1.54. The van der Waals surface area contributed by atoms with E-state index in [-0.39, 0.29) is 6.61 Å². The van der Waals surface area contributed by atoms with Gasteiger partial charge in [-0.3, -0.25) is 0 Å². The SMILES string of the molecule is COCc1c(Cl)cc(B(O)OC(C)(C)C(C)(C)O)cc1Cl. The fourth-order valence-corrected chi connectivity index (χ4v) is 2.15. The minimum Gasteiger partial charge on any atom is -0.423 e. The maximum absolute atomic E-state index is 10.2. The average Bonchev–Trinajstić information content (AvgIpc) is 2.31. The first-order valence-electron chi connectivity index (χ1n) is 6.54. The molecule has 0 spiro atoms. The third kappa shape index (κ3) is 4.58. The number of benzene rings is 1. The highest BCUT2D eigenvalue weighted by atomic mass is 35.5. The van der Waals surface area contributed by atoms with Crippen LogP contribution in [0, 0.1) is 0 Å². The molecule has 0 aliphatic heterocycles. The van der Waals surface area contributed by atoms with Crippen LogP contribution in [-0.4, -0.2) is 35.6 Å². The molecule has 7 heteroatoms. The van der Waals surface area contributed by atoms with Gasteiger partial charge in [0.1, 0.15) is 0 Å². The number of hydrogen-bond donors (Lipinski definition) is 2. The van der Waals surface area contributed by atoms with Crippen molar-refractivity contribution in [2.75, 3.05) is 7.11 Å². The molecule has 2 N–H and O–H groups in total. The van der Waals surface area contributed by atoms with Gasteiger partial charge < -0.3 is 19.5 Å². The van der Waals surface area contributed by atoms with Gasteiger partial charge >= 0.3 is 7.12 Å². The summed E-state index contributed by atoms with van der Waals surface area (Å²) in [5.74, 6) is 0. The minimum absolute atomic E-state index is 0.282. The van der Waals surface area contributed by atoms with Crippen molar-refractivity contribution in [2.24, 2.45) is 0 Å². The van der Waals surface area contributed by atoms with Gasteiger partial charge in [0.25, 0.3) is 0 Å². The van der Waals surface area contributed by atoms with Gasteiger partial charge in [-0.15, -0.1) is 0 Å². The first kappa shape index (κ1) is 18.8. The Morgan fingerprint density at radius 2 is 1.62 bits per heavy atom. The van der Waals surface area contributed by atoms with E-state index in [1.807, 2.05) is 0 Å². The molecule has 0 aromatic heterocycles. The maximum Gasteiger partial charge on any atom is 0.491 e. The third-order valence-electron chi connectivity index (χ3n) is 3.62. The molecule has 1 aromatic rings. The van der Waals surface area contributed by atoms with Crippen molar-refractivity contribution in [3.63, 3.8) is 0 Å². The van der Waals surface area contributed by atoms with E-state index in [0.717, 1.165) is 0 Å². The van der Waals surface area contributed by atoms with Gasteiger partial charge in [-0.05, 0) is 45.3 Å². The van der Waals surface area contributed by atoms with Gasteiger partial charge in [0.05, 0.1) is 17.8 Å². The van der Waals surface area contributed by atoms with E-state index < -0.39 is 18.3 Å². The summed E-state index contributed by atoms with van der Waals surface area (Å²) in [6, 6.07) is 3.15. The molecule has 0 radical (unpaired) electrons. The van der Waals surface area contributed by atoms with Crippen LogP contribution in [-0.2, 0) is 16.0 Å². The lowest BCUT2D eigenvalue weighted by Crippen LogP contribution is -2.53. The Labute approximate surface area is 136 Å². The Morgan fingerprint density at radius 3 is 2.00 bits per heavy atom. The van der Waals surface area contributed by atoms with Gasteiger partial charge in [0, 0.05) is 22.7 Å². The first-order valence-corrected chi connectivity index (χ1v) is 7.30. The molecule has 0 aliphatic rings. The molecule has 1 rings (SSSR count). The largest absolute Gasteiger partial charge is 0.491 e. The van der Waals surface area contributed by atoms with Gasteiger partial charge in [0.2, 0.25) is 0 Å². The van der Waals surface area contributed by atoms with Crippen LogP contribution < -0.4 is 5.46 Å². The predicted octanol–water partition coefficient (Wildman–Crippen LogP) is 2.39. The molecule has 0 saturated heterocycles. The average molecular weight is 335 g/mol. The van der Waals surface area contributed by atoms with Crippen LogP contribution in [0.1, 0.15) is 33.3 Å². The summed E-state index contributed by atoms with van der Waals surface area (Å²) < 4.78 is 10.6. The summed E-state index contributed by atoms with van der Waals surface area (Å²) >= 11 is 12.3. The van der Waals surface area contributed by atoms with Crippen LogP contribution in [0.2, 0.25) is 10.0 Å². The summed E-state index contributed by atoms with van der Waals surface area (Å²) in [6.07, 6.45) is 0. The molecule has 118 valence electrons. The zero-order valence-corrected chi connectivity index (χ0v) is 14.4. The second-order valence-corrected chi connectivity index (χ2v) is 6.75. The monoisotopic (exact) mass is 334 g/mol. The van der Waals surface area contributed by atoms with Crippen molar-refractivity contribution in [3.05, 3.63) is 27.7 Å². The lowest BCUT2D eigenvalue weighted by atomic mass is 9.76. The van der Waals surface area contributed by atoms with Crippen molar-refractivity contribution < 1.29 is 19.5 Å². The van der Waals surface area contributed by atoms with Crippen molar-refractivity contribution in [1.82, 2.24) is 0 Å². The van der Waals surface area contributed by atoms with E-state index >= 15 is 0 Å². The second-order valence-electron chi connectivity index (χ2n) is 5.94. The van der Waals surface area contributed by atoms with Gasteiger partial charge in [0.15, 0.2) is 0 Å².